The highest BCUT2D eigenvalue weighted by Gasteiger charge is 2.30. The lowest BCUT2D eigenvalue weighted by atomic mass is 10.1. The van der Waals surface area contributed by atoms with Crippen LogP contribution in [0.4, 0.5) is 4.79 Å². The molecule has 0 bridgehead atoms. The Bertz CT molecular complexity index is 252. The van der Waals surface area contributed by atoms with Gasteiger partial charge in [-0.25, -0.2) is 9.59 Å². The standard InChI is InChI=1S/C11H22N2O3/c1-5-7-8-13(6-2)10(16)12-11(3,4)9(14)15/h5-8H2,1-4H3,(H,12,16)(H,14,15). The fraction of sp³-hybridized carbons (Fsp3) is 0.818. The van der Waals surface area contributed by atoms with Crippen molar-refractivity contribution < 1.29 is 14.7 Å². The Morgan fingerprint density at radius 1 is 1.31 bits per heavy atom. The van der Waals surface area contributed by atoms with Crippen molar-refractivity contribution in [3.63, 3.8) is 0 Å². The second-order valence-corrected chi connectivity index (χ2v) is 4.29. The summed E-state index contributed by atoms with van der Waals surface area (Å²) in [6.45, 7) is 8.12. The predicted octanol–water partition coefficient (Wildman–Crippen LogP) is 1.68. The van der Waals surface area contributed by atoms with E-state index >= 15 is 0 Å². The number of unbranched alkanes of at least 4 members (excludes halogenated alkanes) is 1. The van der Waals surface area contributed by atoms with Crippen LogP contribution in [0.2, 0.25) is 0 Å². The summed E-state index contributed by atoms with van der Waals surface area (Å²) in [4.78, 5) is 24.2. The van der Waals surface area contributed by atoms with Crippen LogP contribution in [0, 0.1) is 0 Å². The van der Waals surface area contributed by atoms with Crippen LogP contribution in [0.15, 0.2) is 0 Å². The molecular formula is C11H22N2O3. The molecule has 0 aliphatic heterocycles. The van der Waals surface area contributed by atoms with Gasteiger partial charge in [0.1, 0.15) is 5.54 Å². The largest absolute Gasteiger partial charge is 0.480 e. The molecule has 0 aromatic heterocycles. The van der Waals surface area contributed by atoms with E-state index in [0.29, 0.717) is 13.1 Å². The lowest BCUT2D eigenvalue weighted by molar-refractivity contribution is -0.143. The molecule has 0 aliphatic carbocycles. The molecule has 0 aliphatic rings. The molecule has 0 saturated carbocycles. The van der Waals surface area contributed by atoms with Crippen LogP contribution in [0.1, 0.15) is 40.5 Å². The van der Waals surface area contributed by atoms with Gasteiger partial charge < -0.3 is 15.3 Å². The number of nitrogens with one attached hydrogen (secondary N) is 1. The van der Waals surface area contributed by atoms with Gasteiger partial charge in [0.2, 0.25) is 0 Å². The van der Waals surface area contributed by atoms with E-state index < -0.39 is 11.5 Å². The Kier molecular flexibility index (Phi) is 5.85. The van der Waals surface area contributed by atoms with Crippen LogP contribution in [0.5, 0.6) is 0 Å². The third kappa shape index (κ3) is 4.51. The average molecular weight is 230 g/mol. The van der Waals surface area contributed by atoms with Crippen LogP contribution in [0.25, 0.3) is 0 Å². The first-order valence-electron chi connectivity index (χ1n) is 5.65. The molecule has 0 spiro atoms. The Hall–Kier alpha value is -1.26. The van der Waals surface area contributed by atoms with Crippen LogP contribution >= 0.6 is 0 Å². The molecule has 0 radical (unpaired) electrons. The lowest BCUT2D eigenvalue weighted by Crippen LogP contribution is -2.54. The number of carbonyl (C=O) groups is 2. The van der Waals surface area contributed by atoms with Crippen LogP contribution < -0.4 is 5.32 Å². The Labute approximate surface area is 96.8 Å². The van der Waals surface area contributed by atoms with Gasteiger partial charge in [0.05, 0.1) is 0 Å². The maximum Gasteiger partial charge on any atom is 0.328 e. The van der Waals surface area contributed by atoms with Crippen molar-refractivity contribution in [1.29, 1.82) is 0 Å². The number of hydrogen-bond acceptors (Lipinski definition) is 2. The van der Waals surface area contributed by atoms with Gasteiger partial charge >= 0.3 is 12.0 Å². The fourth-order valence-corrected chi connectivity index (χ4v) is 1.15. The van der Waals surface area contributed by atoms with Crippen LogP contribution in [0.3, 0.4) is 0 Å². The molecular weight excluding hydrogens is 208 g/mol. The first kappa shape index (κ1) is 14.7. The number of amides is 2. The van der Waals surface area contributed by atoms with E-state index in [1.165, 1.54) is 13.8 Å². The van der Waals surface area contributed by atoms with Gasteiger partial charge in [-0.1, -0.05) is 13.3 Å². The summed E-state index contributed by atoms with van der Waals surface area (Å²) in [6, 6.07) is -0.316. The highest BCUT2D eigenvalue weighted by Crippen LogP contribution is 2.04. The zero-order valence-corrected chi connectivity index (χ0v) is 10.5. The number of carboxylic acid groups (broad SMARTS) is 1. The summed E-state index contributed by atoms with van der Waals surface area (Å²) in [5, 5.41) is 11.4. The van der Waals surface area contributed by atoms with Crippen molar-refractivity contribution >= 4 is 12.0 Å². The molecule has 2 amide bonds. The van der Waals surface area contributed by atoms with E-state index in [1.54, 1.807) is 4.90 Å². The van der Waals surface area contributed by atoms with Gasteiger partial charge in [-0.3, -0.25) is 0 Å². The summed E-state index contributed by atoms with van der Waals surface area (Å²) in [5.74, 6) is -1.03. The quantitative estimate of drug-likeness (QED) is 0.729. The average Bonchev–Trinajstić information content (AvgIpc) is 2.18. The van der Waals surface area contributed by atoms with Crippen molar-refractivity contribution in [3.8, 4) is 0 Å². The van der Waals surface area contributed by atoms with E-state index in [0.717, 1.165) is 12.8 Å². The minimum atomic E-state index is -1.23. The van der Waals surface area contributed by atoms with Gasteiger partial charge in [0, 0.05) is 13.1 Å². The van der Waals surface area contributed by atoms with E-state index in [4.69, 9.17) is 5.11 Å². The molecule has 0 heterocycles. The lowest BCUT2D eigenvalue weighted by Gasteiger charge is -2.27. The molecule has 0 saturated heterocycles. The van der Waals surface area contributed by atoms with Crippen molar-refractivity contribution in [1.82, 2.24) is 10.2 Å². The smallest absolute Gasteiger partial charge is 0.328 e. The molecule has 0 aromatic rings. The van der Waals surface area contributed by atoms with E-state index in [-0.39, 0.29) is 6.03 Å². The molecule has 5 heteroatoms. The second-order valence-electron chi connectivity index (χ2n) is 4.29. The molecule has 16 heavy (non-hydrogen) atoms. The maximum absolute atomic E-state index is 11.8. The second kappa shape index (κ2) is 6.35. The zero-order valence-electron chi connectivity index (χ0n) is 10.5. The third-order valence-corrected chi connectivity index (χ3v) is 2.40. The minimum Gasteiger partial charge on any atom is -0.480 e. The summed E-state index contributed by atoms with van der Waals surface area (Å²) in [7, 11) is 0. The highest BCUT2D eigenvalue weighted by molar-refractivity contribution is 5.85. The first-order chi connectivity index (χ1) is 7.35. The third-order valence-electron chi connectivity index (χ3n) is 2.40. The SMILES string of the molecule is CCCCN(CC)C(=O)NC(C)(C)C(=O)O. The topological polar surface area (TPSA) is 69.6 Å². The first-order valence-corrected chi connectivity index (χ1v) is 5.65. The van der Waals surface area contributed by atoms with Crippen LogP contribution in [-0.2, 0) is 4.79 Å². The molecule has 0 rings (SSSR count). The normalized spacial score (nSPS) is 11.0. The van der Waals surface area contributed by atoms with E-state index in [1.807, 2.05) is 13.8 Å². The maximum atomic E-state index is 11.8. The van der Waals surface area contributed by atoms with Gasteiger partial charge in [0.25, 0.3) is 0 Å². The van der Waals surface area contributed by atoms with Crippen LogP contribution in [-0.4, -0.2) is 40.6 Å². The number of hydrogen-bond donors (Lipinski definition) is 2. The number of rotatable bonds is 6. The monoisotopic (exact) mass is 230 g/mol. The molecule has 0 aromatic carbocycles. The zero-order chi connectivity index (χ0) is 12.8. The van der Waals surface area contributed by atoms with Crippen molar-refractivity contribution in [3.05, 3.63) is 0 Å². The van der Waals surface area contributed by atoms with Gasteiger partial charge in [-0.05, 0) is 27.2 Å². The minimum absolute atomic E-state index is 0.316. The van der Waals surface area contributed by atoms with Gasteiger partial charge in [-0.2, -0.15) is 0 Å². The van der Waals surface area contributed by atoms with Gasteiger partial charge in [0.15, 0.2) is 0 Å². The van der Waals surface area contributed by atoms with Crippen molar-refractivity contribution in [2.75, 3.05) is 13.1 Å². The fourth-order valence-electron chi connectivity index (χ4n) is 1.15. The van der Waals surface area contributed by atoms with Crippen molar-refractivity contribution in [2.45, 2.75) is 46.1 Å². The summed E-state index contributed by atoms with van der Waals surface area (Å²) < 4.78 is 0. The number of aliphatic carboxylic acids is 1. The molecule has 94 valence electrons. The summed E-state index contributed by atoms with van der Waals surface area (Å²) in [6.07, 6.45) is 1.93. The number of carbonyl (C=O) groups excluding carboxylic acids is 1. The molecule has 0 fully saturated rings. The Morgan fingerprint density at radius 3 is 2.25 bits per heavy atom. The molecule has 2 N–H and O–H groups in total. The Morgan fingerprint density at radius 2 is 1.88 bits per heavy atom. The summed E-state index contributed by atoms with van der Waals surface area (Å²) >= 11 is 0. The molecule has 5 nitrogen and oxygen atoms in total. The van der Waals surface area contributed by atoms with Crippen molar-refractivity contribution in [2.24, 2.45) is 0 Å². The molecule has 0 atom stereocenters. The highest BCUT2D eigenvalue weighted by atomic mass is 16.4. The predicted molar refractivity (Wildman–Crippen MR) is 62.4 cm³/mol. The van der Waals surface area contributed by atoms with E-state index in [2.05, 4.69) is 5.32 Å². The number of nitrogens with zero attached hydrogens (tertiary/aromatic N) is 1. The van der Waals surface area contributed by atoms with Gasteiger partial charge in [-0.15, -0.1) is 0 Å². The number of urea groups is 1. The number of carboxylic acids is 1. The molecule has 0 unspecified atom stereocenters. The van der Waals surface area contributed by atoms with E-state index in [9.17, 15) is 9.59 Å². The summed E-state index contributed by atoms with van der Waals surface area (Å²) in [5.41, 5.74) is -1.23. The Balaban J connectivity index is 4.36.